The van der Waals surface area contributed by atoms with Crippen LogP contribution in [-0.4, -0.2) is 37.2 Å². The Morgan fingerprint density at radius 2 is 0.593 bits per heavy atom. The average molecular weight is 835 g/mol. The number of unbranched alkanes of at least 4 members (excludes halogenated alkanes) is 28. The van der Waals surface area contributed by atoms with E-state index in [1.807, 2.05) is 0 Å². The highest BCUT2D eigenvalue weighted by atomic mass is 16.6. The topological polar surface area (TPSA) is 78.9 Å². The molecule has 59 heavy (non-hydrogen) atoms. The lowest BCUT2D eigenvalue weighted by Gasteiger charge is -2.18. The number of rotatable bonds is 46. The Morgan fingerprint density at radius 1 is 0.339 bits per heavy atom. The summed E-state index contributed by atoms with van der Waals surface area (Å²) in [7, 11) is 0. The number of carbonyl (C=O) groups excluding carboxylic acids is 3. The van der Waals surface area contributed by atoms with Crippen LogP contribution in [0.2, 0.25) is 0 Å². The van der Waals surface area contributed by atoms with Gasteiger partial charge in [-0.3, -0.25) is 14.4 Å². The van der Waals surface area contributed by atoms with Gasteiger partial charge in [-0.05, 0) is 37.0 Å². The van der Waals surface area contributed by atoms with Crippen molar-refractivity contribution in [3.05, 3.63) is 0 Å². The van der Waals surface area contributed by atoms with Gasteiger partial charge in [-0.1, -0.05) is 247 Å². The van der Waals surface area contributed by atoms with Gasteiger partial charge < -0.3 is 14.2 Å². The van der Waals surface area contributed by atoms with Gasteiger partial charge >= 0.3 is 17.9 Å². The summed E-state index contributed by atoms with van der Waals surface area (Å²) in [6.45, 7) is 13.7. The molecule has 0 radical (unpaired) electrons. The van der Waals surface area contributed by atoms with Crippen LogP contribution < -0.4 is 0 Å². The number of esters is 3. The molecule has 0 amide bonds. The van der Waals surface area contributed by atoms with E-state index >= 15 is 0 Å². The molecule has 0 saturated heterocycles. The van der Waals surface area contributed by atoms with E-state index in [1.165, 1.54) is 167 Å². The fraction of sp³-hybridized carbons (Fsp3) is 0.943. The Balaban J connectivity index is 4.27. The molecule has 0 aromatic carbocycles. The second kappa shape index (κ2) is 44.5. The highest BCUT2D eigenvalue weighted by Gasteiger charge is 2.19. The van der Waals surface area contributed by atoms with Gasteiger partial charge in [0.15, 0.2) is 6.10 Å². The highest BCUT2D eigenvalue weighted by molar-refractivity contribution is 5.71. The van der Waals surface area contributed by atoms with Gasteiger partial charge in [0.05, 0.1) is 0 Å². The van der Waals surface area contributed by atoms with Crippen molar-refractivity contribution in [3.63, 3.8) is 0 Å². The number of carbonyl (C=O) groups is 3. The van der Waals surface area contributed by atoms with Crippen molar-refractivity contribution in [3.8, 4) is 0 Å². The molecular weight excluding hydrogens is 733 g/mol. The van der Waals surface area contributed by atoms with Crippen LogP contribution in [-0.2, 0) is 28.6 Å². The molecule has 0 saturated carbocycles. The van der Waals surface area contributed by atoms with Crippen LogP contribution in [0.3, 0.4) is 0 Å². The van der Waals surface area contributed by atoms with Crippen molar-refractivity contribution in [2.75, 3.05) is 13.2 Å². The van der Waals surface area contributed by atoms with E-state index in [9.17, 15) is 14.4 Å². The van der Waals surface area contributed by atoms with Crippen LogP contribution in [0, 0.1) is 17.8 Å². The summed E-state index contributed by atoms with van der Waals surface area (Å²) in [5.74, 6) is 1.62. The third-order valence-corrected chi connectivity index (χ3v) is 12.3. The zero-order chi connectivity index (χ0) is 43.4. The van der Waals surface area contributed by atoms with Gasteiger partial charge in [0.25, 0.3) is 0 Å². The molecule has 0 aliphatic rings. The maximum absolute atomic E-state index is 12.8. The molecule has 6 heteroatoms. The van der Waals surface area contributed by atoms with Gasteiger partial charge in [0.2, 0.25) is 0 Å². The summed E-state index contributed by atoms with van der Waals surface area (Å²) >= 11 is 0. The smallest absolute Gasteiger partial charge is 0.306 e. The number of ether oxygens (including phenoxy) is 3. The summed E-state index contributed by atoms with van der Waals surface area (Å²) < 4.78 is 16.8. The van der Waals surface area contributed by atoms with Crippen molar-refractivity contribution >= 4 is 17.9 Å². The van der Waals surface area contributed by atoms with Crippen molar-refractivity contribution < 1.29 is 28.6 Å². The average Bonchev–Trinajstić information content (AvgIpc) is 3.20. The first kappa shape index (κ1) is 57.4. The molecule has 0 spiro atoms. The van der Waals surface area contributed by atoms with Crippen LogP contribution in [0.1, 0.15) is 286 Å². The molecule has 0 heterocycles. The van der Waals surface area contributed by atoms with Gasteiger partial charge in [0, 0.05) is 19.3 Å². The zero-order valence-corrected chi connectivity index (χ0v) is 40.5. The van der Waals surface area contributed by atoms with E-state index in [2.05, 4.69) is 41.5 Å². The maximum atomic E-state index is 12.8. The predicted octanol–water partition coefficient (Wildman–Crippen LogP) is 16.8. The molecule has 0 fully saturated rings. The van der Waals surface area contributed by atoms with Gasteiger partial charge in [-0.15, -0.1) is 0 Å². The van der Waals surface area contributed by atoms with Crippen LogP contribution in [0.15, 0.2) is 0 Å². The van der Waals surface area contributed by atoms with Crippen LogP contribution >= 0.6 is 0 Å². The Hall–Kier alpha value is -1.59. The second-order valence-corrected chi connectivity index (χ2v) is 19.4. The standard InChI is InChI=1S/C53H102O6/c1-7-49(6)41-35-29-22-18-15-16-19-23-30-36-42-51(54)57-45-50(46-58-52(55)43-37-31-26-25-28-34-40-48(4)5)59-53(56)44-38-32-24-20-14-12-10-8-9-11-13-17-21-27-33-39-47(2)3/h47-50H,7-46H2,1-6H3/t49?,50-/m1/s1. The molecule has 1 unspecified atom stereocenters. The number of hydrogen-bond donors (Lipinski definition) is 0. The van der Waals surface area contributed by atoms with Crippen LogP contribution in [0.25, 0.3) is 0 Å². The lowest BCUT2D eigenvalue weighted by Crippen LogP contribution is -2.30. The normalized spacial score (nSPS) is 12.6. The SMILES string of the molecule is CCC(C)CCCCCCCCCCCCC(=O)OC[C@H](COC(=O)CCCCCCCCC(C)C)OC(=O)CCCCCCCCCCCCCCCCCC(C)C. The predicted molar refractivity (Wildman–Crippen MR) is 252 cm³/mol. The van der Waals surface area contributed by atoms with Gasteiger partial charge in [-0.2, -0.15) is 0 Å². The van der Waals surface area contributed by atoms with Crippen molar-refractivity contribution in [1.82, 2.24) is 0 Å². The van der Waals surface area contributed by atoms with E-state index in [0.29, 0.717) is 19.3 Å². The molecule has 0 aromatic heterocycles. The minimum atomic E-state index is -0.763. The Morgan fingerprint density at radius 3 is 0.881 bits per heavy atom. The number of hydrogen-bond acceptors (Lipinski definition) is 6. The first-order valence-corrected chi connectivity index (χ1v) is 26.1. The third-order valence-electron chi connectivity index (χ3n) is 12.3. The van der Waals surface area contributed by atoms with E-state index < -0.39 is 6.10 Å². The quantitative estimate of drug-likeness (QED) is 0.0345. The fourth-order valence-electron chi connectivity index (χ4n) is 7.91. The Labute approximate surface area is 368 Å². The molecule has 0 aromatic rings. The fourth-order valence-corrected chi connectivity index (χ4v) is 7.91. The molecule has 350 valence electrons. The van der Waals surface area contributed by atoms with Gasteiger partial charge in [-0.25, -0.2) is 0 Å². The molecule has 0 rings (SSSR count). The van der Waals surface area contributed by atoms with E-state index in [-0.39, 0.29) is 31.1 Å². The Kier molecular flexibility index (Phi) is 43.3. The lowest BCUT2D eigenvalue weighted by atomic mass is 9.99. The van der Waals surface area contributed by atoms with Crippen molar-refractivity contribution in [2.24, 2.45) is 17.8 Å². The molecule has 0 bridgehead atoms. The lowest BCUT2D eigenvalue weighted by molar-refractivity contribution is -0.167. The first-order valence-electron chi connectivity index (χ1n) is 26.1. The minimum Gasteiger partial charge on any atom is -0.462 e. The molecule has 6 nitrogen and oxygen atoms in total. The van der Waals surface area contributed by atoms with Crippen LogP contribution in [0.5, 0.6) is 0 Å². The van der Waals surface area contributed by atoms with Crippen molar-refractivity contribution in [1.29, 1.82) is 0 Å². The van der Waals surface area contributed by atoms with E-state index in [1.54, 1.807) is 0 Å². The highest BCUT2D eigenvalue weighted by Crippen LogP contribution is 2.18. The summed E-state index contributed by atoms with van der Waals surface area (Å²) in [5.41, 5.74) is 0. The largest absolute Gasteiger partial charge is 0.462 e. The van der Waals surface area contributed by atoms with E-state index in [0.717, 1.165) is 75.5 Å². The molecule has 0 aliphatic heterocycles. The zero-order valence-electron chi connectivity index (χ0n) is 40.5. The van der Waals surface area contributed by atoms with Crippen LogP contribution in [0.4, 0.5) is 0 Å². The van der Waals surface area contributed by atoms with E-state index in [4.69, 9.17) is 14.2 Å². The molecule has 2 atom stereocenters. The van der Waals surface area contributed by atoms with Crippen molar-refractivity contribution in [2.45, 2.75) is 292 Å². The first-order chi connectivity index (χ1) is 28.6. The third kappa shape index (κ3) is 45.8. The second-order valence-electron chi connectivity index (χ2n) is 19.4. The molecule has 0 N–H and O–H groups in total. The maximum Gasteiger partial charge on any atom is 0.306 e. The summed E-state index contributed by atoms with van der Waals surface area (Å²) in [5, 5.41) is 0. The minimum absolute atomic E-state index is 0.0654. The Bertz CT molecular complexity index is 916. The van der Waals surface area contributed by atoms with Gasteiger partial charge in [0.1, 0.15) is 13.2 Å². The summed E-state index contributed by atoms with van der Waals surface area (Å²) in [4.78, 5) is 37.9. The molecular formula is C53H102O6. The summed E-state index contributed by atoms with van der Waals surface area (Å²) in [6, 6.07) is 0. The summed E-state index contributed by atoms with van der Waals surface area (Å²) in [6.07, 6.45) is 43.8. The molecule has 0 aliphatic carbocycles. The monoisotopic (exact) mass is 835 g/mol.